The molecule has 0 N–H and O–H groups in total. The van der Waals surface area contributed by atoms with Gasteiger partial charge in [0.2, 0.25) is 0 Å². The van der Waals surface area contributed by atoms with E-state index in [2.05, 4.69) is 0 Å². The molecular weight excluding hydrogens is 239 g/mol. The van der Waals surface area contributed by atoms with Crippen molar-refractivity contribution in [2.45, 2.75) is 0 Å². The summed E-state index contributed by atoms with van der Waals surface area (Å²) in [6.45, 7) is 0. The van der Waals surface area contributed by atoms with E-state index in [0.717, 1.165) is 11.1 Å². The quantitative estimate of drug-likeness (QED) is 0.644. The van der Waals surface area contributed by atoms with Crippen LogP contribution in [0, 0.1) is 0 Å². The molecule has 0 unspecified atom stereocenters. The van der Waals surface area contributed by atoms with Crippen molar-refractivity contribution in [2.24, 2.45) is 0 Å². The lowest BCUT2D eigenvalue weighted by molar-refractivity contribution is 1.64. The van der Waals surface area contributed by atoms with E-state index in [1.54, 1.807) is 6.07 Å². The van der Waals surface area contributed by atoms with E-state index < -0.39 is 0 Å². The molecule has 0 aliphatic carbocycles. The molecule has 0 saturated carbocycles. The van der Waals surface area contributed by atoms with Crippen LogP contribution in [0.5, 0.6) is 0 Å². The molecule has 0 aliphatic heterocycles. The van der Waals surface area contributed by atoms with Gasteiger partial charge in [-0.15, -0.1) is 0 Å². The Labute approximate surface area is 105 Å². The van der Waals surface area contributed by atoms with Crippen molar-refractivity contribution in [1.82, 2.24) is 0 Å². The fourth-order valence-electron chi connectivity index (χ4n) is 1.39. The molecule has 0 fully saturated rings. The number of benzene rings is 2. The first kappa shape index (κ1) is 11.3. The van der Waals surface area contributed by atoms with Crippen molar-refractivity contribution in [3.05, 3.63) is 69.7 Å². The largest absolute Gasteiger partial charge is 0.0843 e. The minimum atomic E-state index is 0.655. The highest BCUT2D eigenvalue weighted by atomic mass is 35.5. The van der Waals surface area contributed by atoms with E-state index >= 15 is 0 Å². The molecule has 2 aromatic carbocycles. The van der Waals surface area contributed by atoms with Gasteiger partial charge in [0, 0.05) is 10.0 Å². The van der Waals surface area contributed by atoms with Crippen LogP contribution in [0.2, 0.25) is 10.0 Å². The van der Waals surface area contributed by atoms with Gasteiger partial charge in [0.1, 0.15) is 0 Å². The van der Waals surface area contributed by atoms with Crippen LogP contribution < -0.4 is 0 Å². The van der Waals surface area contributed by atoms with Crippen LogP contribution >= 0.6 is 23.2 Å². The van der Waals surface area contributed by atoms with Crippen LogP contribution in [0.3, 0.4) is 0 Å². The molecule has 0 saturated heterocycles. The Morgan fingerprint density at radius 2 is 1.56 bits per heavy atom. The molecule has 0 aliphatic rings. The van der Waals surface area contributed by atoms with Gasteiger partial charge in [-0.05, 0) is 23.3 Å². The van der Waals surface area contributed by atoms with Crippen molar-refractivity contribution in [3.63, 3.8) is 0 Å². The Bertz CT molecular complexity index is 501. The summed E-state index contributed by atoms with van der Waals surface area (Å²) in [5.74, 6) is 0. The van der Waals surface area contributed by atoms with E-state index in [9.17, 15) is 0 Å². The molecule has 0 aromatic heterocycles. The van der Waals surface area contributed by atoms with Gasteiger partial charge in [-0.3, -0.25) is 0 Å². The zero-order valence-electron chi connectivity index (χ0n) is 8.53. The Hall–Kier alpha value is -1.24. The maximum atomic E-state index is 6.06. The summed E-state index contributed by atoms with van der Waals surface area (Å²) in [7, 11) is 0. The van der Waals surface area contributed by atoms with E-state index in [-0.39, 0.29) is 0 Å². The van der Waals surface area contributed by atoms with Gasteiger partial charge in [-0.1, -0.05) is 71.8 Å². The molecule has 0 nitrogen and oxygen atoms in total. The van der Waals surface area contributed by atoms with Gasteiger partial charge < -0.3 is 0 Å². The molecule has 0 radical (unpaired) electrons. The minimum absolute atomic E-state index is 0.655. The number of hydrogen-bond acceptors (Lipinski definition) is 0. The van der Waals surface area contributed by atoms with Crippen LogP contribution in [-0.4, -0.2) is 0 Å². The predicted octanol–water partition coefficient (Wildman–Crippen LogP) is 5.16. The summed E-state index contributed by atoms with van der Waals surface area (Å²) in [4.78, 5) is 0. The molecule has 2 rings (SSSR count). The fraction of sp³-hybridized carbons (Fsp3) is 0. The maximum Gasteiger partial charge on any atom is 0.0493 e. The molecular formula is C14H10Cl2. The summed E-state index contributed by atoms with van der Waals surface area (Å²) in [5.41, 5.74) is 2.11. The minimum Gasteiger partial charge on any atom is -0.0843 e. The Balaban J connectivity index is 2.24. The fourth-order valence-corrected chi connectivity index (χ4v) is 1.86. The van der Waals surface area contributed by atoms with Crippen molar-refractivity contribution in [3.8, 4) is 0 Å². The smallest absolute Gasteiger partial charge is 0.0493 e. The van der Waals surface area contributed by atoms with Crippen LogP contribution in [0.4, 0.5) is 0 Å². The molecule has 0 bridgehead atoms. The van der Waals surface area contributed by atoms with Crippen LogP contribution in [0.15, 0.2) is 48.5 Å². The molecule has 0 heterocycles. The summed E-state index contributed by atoms with van der Waals surface area (Å²) in [6.07, 6.45) is 4.00. The normalized spacial score (nSPS) is 10.9. The van der Waals surface area contributed by atoms with E-state index in [1.165, 1.54) is 0 Å². The highest BCUT2D eigenvalue weighted by molar-refractivity contribution is 6.35. The molecule has 0 atom stereocenters. The van der Waals surface area contributed by atoms with Gasteiger partial charge >= 0.3 is 0 Å². The highest BCUT2D eigenvalue weighted by Crippen LogP contribution is 2.22. The van der Waals surface area contributed by atoms with Crippen LogP contribution in [0.1, 0.15) is 11.1 Å². The molecule has 16 heavy (non-hydrogen) atoms. The van der Waals surface area contributed by atoms with Gasteiger partial charge in [-0.25, -0.2) is 0 Å². The summed E-state index contributed by atoms with van der Waals surface area (Å²) in [5, 5.41) is 1.32. The predicted molar refractivity (Wildman–Crippen MR) is 71.8 cm³/mol. The van der Waals surface area contributed by atoms with Crippen molar-refractivity contribution in [2.75, 3.05) is 0 Å². The first-order chi connectivity index (χ1) is 7.75. The second kappa shape index (κ2) is 5.20. The Morgan fingerprint density at radius 3 is 2.25 bits per heavy atom. The third kappa shape index (κ3) is 2.88. The first-order valence-electron chi connectivity index (χ1n) is 4.94. The number of hydrogen-bond donors (Lipinski definition) is 0. The molecule has 2 heteroatoms. The Kier molecular flexibility index (Phi) is 3.66. The van der Waals surface area contributed by atoms with Crippen LogP contribution in [0.25, 0.3) is 12.2 Å². The lowest BCUT2D eigenvalue weighted by atomic mass is 10.1. The monoisotopic (exact) mass is 248 g/mol. The molecule has 0 amide bonds. The number of rotatable bonds is 2. The lowest BCUT2D eigenvalue weighted by Crippen LogP contribution is -1.75. The molecule has 80 valence electrons. The Morgan fingerprint density at radius 1 is 0.812 bits per heavy atom. The van der Waals surface area contributed by atoms with E-state index in [0.29, 0.717) is 10.0 Å². The lowest BCUT2D eigenvalue weighted by Gasteiger charge is -1.98. The SMILES string of the molecule is Clc1ccc(/C=C/c2ccccc2)c(Cl)c1. The number of halogens is 2. The van der Waals surface area contributed by atoms with Crippen molar-refractivity contribution in [1.29, 1.82) is 0 Å². The topological polar surface area (TPSA) is 0 Å². The second-order valence-corrected chi connectivity index (χ2v) is 4.25. The van der Waals surface area contributed by atoms with Crippen molar-refractivity contribution < 1.29 is 0 Å². The van der Waals surface area contributed by atoms with Crippen LogP contribution in [-0.2, 0) is 0 Å². The average Bonchev–Trinajstić information content (AvgIpc) is 2.29. The standard InChI is InChI=1S/C14H10Cl2/c15-13-9-8-12(14(16)10-13)7-6-11-4-2-1-3-5-11/h1-10H/b7-6+. The zero-order chi connectivity index (χ0) is 11.4. The highest BCUT2D eigenvalue weighted by Gasteiger charge is 1.96. The summed E-state index contributed by atoms with van der Waals surface area (Å²) < 4.78 is 0. The maximum absolute atomic E-state index is 6.06. The molecule has 0 spiro atoms. The third-order valence-corrected chi connectivity index (χ3v) is 2.78. The van der Waals surface area contributed by atoms with E-state index in [1.807, 2.05) is 54.6 Å². The van der Waals surface area contributed by atoms with Crippen molar-refractivity contribution >= 4 is 35.4 Å². The van der Waals surface area contributed by atoms with Gasteiger partial charge in [-0.2, -0.15) is 0 Å². The van der Waals surface area contributed by atoms with Gasteiger partial charge in [0.25, 0.3) is 0 Å². The molecule has 2 aromatic rings. The summed E-state index contributed by atoms with van der Waals surface area (Å²) in [6, 6.07) is 15.6. The zero-order valence-corrected chi connectivity index (χ0v) is 10.0. The average molecular weight is 249 g/mol. The first-order valence-corrected chi connectivity index (χ1v) is 5.69. The summed E-state index contributed by atoms with van der Waals surface area (Å²) >= 11 is 11.9. The third-order valence-electron chi connectivity index (χ3n) is 2.22. The van der Waals surface area contributed by atoms with Gasteiger partial charge in [0.05, 0.1) is 0 Å². The van der Waals surface area contributed by atoms with E-state index in [4.69, 9.17) is 23.2 Å². The second-order valence-electron chi connectivity index (χ2n) is 3.41. The van der Waals surface area contributed by atoms with Gasteiger partial charge in [0.15, 0.2) is 0 Å².